The average Bonchev–Trinajstić information content (AvgIpc) is 3.78. The number of amides is 6. The van der Waals surface area contributed by atoms with Crippen molar-refractivity contribution >= 4 is 35.4 Å². The van der Waals surface area contributed by atoms with E-state index >= 15 is 0 Å². The van der Waals surface area contributed by atoms with Gasteiger partial charge in [0.25, 0.3) is 5.91 Å². The monoisotopic (exact) mass is 652 g/mol. The van der Waals surface area contributed by atoms with E-state index in [9.17, 15) is 33.9 Å². The van der Waals surface area contributed by atoms with Crippen LogP contribution in [0, 0.1) is 0 Å². The Bertz CT molecular complexity index is 1400. The van der Waals surface area contributed by atoms with E-state index in [2.05, 4.69) is 26.6 Å². The summed E-state index contributed by atoms with van der Waals surface area (Å²) in [7, 11) is 0. The summed E-state index contributed by atoms with van der Waals surface area (Å²) < 4.78 is 5.15. The van der Waals surface area contributed by atoms with Crippen molar-refractivity contribution in [3.63, 3.8) is 0 Å². The normalized spacial score (nSPS) is 26.0. The first-order chi connectivity index (χ1) is 22.6. The lowest BCUT2D eigenvalue weighted by molar-refractivity contribution is -0.142. The highest BCUT2D eigenvalue weighted by atomic mass is 16.3. The summed E-state index contributed by atoms with van der Waals surface area (Å²) in [5.41, 5.74) is 0.768. The van der Waals surface area contributed by atoms with Gasteiger partial charge in [-0.05, 0) is 63.1 Å². The van der Waals surface area contributed by atoms with Crippen molar-refractivity contribution < 1.29 is 38.3 Å². The largest absolute Gasteiger partial charge is 0.459 e. The zero-order valence-corrected chi connectivity index (χ0v) is 26.7. The molecule has 3 heterocycles. The van der Waals surface area contributed by atoms with Crippen LogP contribution in [0.4, 0.5) is 0 Å². The van der Waals surface area contributed by atoms with Crippen LogP contribution in [0.3, 0.4) is 0 Å². The number of nitrogens with zero attached hydrogens (tertiary/aromatic N) is 1. The quantitative estimate of drug-likeness (QED) is 0.253. The second-order valence-electron chi connectivity index (χ2n) is 11.9. The molecule has 6 atom stereocenters. The minimum Gasteiger partial charge on any atom is -0.459 e. The molecule has 2 aliphatic heterocycles. The summed E-state index contributed by atoms with van der Waals surface area (Å²) in [6.07, 6.45) is 2.40. The van der Waals surface area contributed by atoms with Crippen LogP contribution in [-0.4, -0.2) is 94.9 Å². The molecule has 0 radical (unpaired) electrons. The minimum atomic E-state index is -1.46. The van der Waals surface area contributed by atoms with Crippen molar-refractivity contribution in [1.82, 2.24) is 31.5 Å². The topological polar surface area (TPSA) is 199 Å². The zero-order valence-electron chi connectivity index (χ0n) is 26.7. The number of aliphatic hydroxyl groups is 1. The maximum atomic E-state index is 13.9. The van der Waals surface area contributed by atoms with E-state index in [0.717, 1.165) is 5.56 Å². The molecule has 14 heteroatoms. The van der Waals surface area contributed by atoms with Crippen LogP contribution in [0.1, 0.15) is 68.5 Å². The fraction of sp³-hybridized carbons (Fsp3) is 0.515. The minimum absolute atomic E-state index is 0.0115. The van der Waals surface area contributed by atoms with Crippen LogP contribution in [0.5, 0.6) is 0 Å². The number of hydrogen-bond acceptors (Lipinski definition) is 8. The number of nitrogens with one attached hydrogen (secondary N) is 5. The Morgan fingerprint density at radius 1 is 0.915 bits per heavy atom. The third kappa shape index (κ3) is 9.41. The molecule has 14 nitrogen and oxygen atoms in total. The van der Waals surface area contributed by atoms with Gasteiger partial charge in [-0.1, -0.05) is 37.3 Å². The summed E-state index contributed by atoms with van der Waals surface area (Å²) >= 11 is 0. The van der Waals surface area contributed by atoms with Crippen LogP contribution < -0.4 is 26.6 Å². The number of furan rings is 1. The smallest absolute Gasteiger partial charge is 0.287 e. The molecule has 47 heavy (non-hydrogen) atoms. The fourth-order valence-corrected chi connectivity index (χ4v) is 5.81. The van der Waals surface area contributed by atoms with Crippen LogP contribution >= 0.6 is 0 Å². The van der Waals surface area contributed by atoms with Crippen molar-refractivity contribution in [2.75, 3.05) is 13.1 Å². The first kappa shape index (κ1) is 35.1. The van der Waals surface area contributed by atoms with Gasteiger partial charge in [-0.15, -0.1) is 0 Å². The Balaban J connectivity index is 1.61. The molecule has 0 aliphatic carbocycles. The standard InChI is InChI=1S/C33H44N6O8/c1-3-22-28(41)38-27(20(2)40)32(45)37-24(19-21-11-5-4-6-12-21)33(46)39-17-9-14-25(39)30(43)34-16-8-7-13-23(29(42)35-22)36-31(44)26-15-10-18-47-26/h4-6,10-12,15,18,20,22-25,27,40H,3,7-9,13-14,16-17,19H2,1-2H3,(H,34,43)(H,35,42)(H,36,44)(H,37,45)(H,38,41)/t20-,22+,23+,24-,25+,27+/m1/s1. The molecule has 0 unspecified atom stereocenters. The molecular formula is C33H44N6O8. The third-order valence-corrected chi connectivity index (χ3v) is 8.43. The molecule has 0 bridgehead atoms. The zero-order chi connectivity index (χ0) is 33.9. The third-order valence-electron chi connectivity index (χ3n) is 8.43. The van der Waals surface area contributed by atoms with Crippen LogP contribution in [-0.2, 0) is 30.4 Å². The van der Waals surface area contributed by atoms with Gasteiger partial charge in [-0.25, -0.2) is 0 Å². The SMILES string of the molecule is CC[C@@H]1NC(=O)[C@@H](NC(=O)c2ccco2)CCCCNC(=O)[C@@H]2CCCN2C(=O)[C@@H](Cc2ccccc2)NC(=O)[C@H]([C@@H](C)O)NC1=O. The lowest BCUT2D eigenvalue weighted by Gasteiger charge is -2.30. The molecule has 2 aromatic rings. The Morgan fingerprint density at radius 2 is 1.66 bits per heavy atom. The highest BCUT2D eigenvalue weighted by molar-refractivity contribution is 5.98. The lowest BCUT2D eigenvalue weighted by atomic mass is 10.0. The molecule has 6 N–H and O–H groups in total. The number of carbonyl (C=O) groups excluding carboxylic acids is 6. The van der Waals surface area contributed by atoms with Gasteiger partial charge in [-0.2, -0.15) is 0 Å². The molecule has 0 saturated carbocycles. The van der Waals surface area contributed by atoms with Crippen LogP contribution in [0.2, 0.25) is 0 Å². The molecule has 6 amide bonds. The van der Waals surface area contributed by atoms with Gasteiger partial charge in [-0.3, -0.25) is 28.8 Å². The van der Waals surface area contributed by atoms with Crippen molar-refractivity contribution in [3.8, 4) is 0 Å². The maximum Gasteiger partial charge on any atom is 0.287 e. The number of rotatable bonds is 6. The van der Waals surface area contributed by atoms with Gasteiger partial charge in [0.2, 0.25) is 29.5 Å². The van der Waals surface area contributed by atoms with Gasteiger partial charge < -0.3 is 41.0 Å². The second kappa shape index (κ2) is 16.7. The summed E-state index contributed by atoms with van der Waals surface area (Å²) in [5, 5.41) is 24.0. The second-order valence-corrected chi connectivity index (χ2v) is 11.9. The van der Waals surface area contributed by atoms with Crippen molar-refractivity contribution in [1.29, 1.82) is 0 Å². The van der Waals surface area contributed by atoms with E-state index in [1.54, 1.807) is 13.0 Å². The molecular weight excluding hydrogens is 608 g/mol. The molecule has 0 spiro atoms. The summed E-state index contributed by atoms with van der Waals surface area (Å²) in [6, 6.07) is 6.65. The summed E-state index contributed by atoms with van der Waals surface area (Å²) in [5.74, 6) is -3.51. The van der Waals surface area contributed by atoms with Crippen molar-refractivity contribution in [2.24, 2.45) is 0 Å². The van der Waals surface area contributed by atoms with Gasteiger partial charge in [0.05, 0.1) is 12.4 Å². The maximum absolute atomic E-state index is 13.9. The number of hydrogen-bond donors (Lipinski definition) is 6. The van der Waals surface area contributed by atoms with Crippen molar-refractivity contribution in [2.45, 2.75) is 95.1 Å². The molecule has 1 aromatic carbocycles. The van der Waals surface area contributed by atoms with E-state index in [4.69, 9.17) is 4.42 Å². The van der Waals surface area contributed by atoms with Crippen LogP contribution in [0.25, 0.3) is 0 Å². The molecule has 254 valence electrons. The first-order valence-corrected chi connectivity index (χ1v) is 16.1. The number of aliphatic hydroxyl groups excluding tert-OH is 1. The van der Waals surface area contributed by atoms with Gasteiger partial charge in [0.1, 0.15) is 30.2 Å². The summed E-state index contributed by atoms with van der Waals surface area (Å²) in [6.45, 7) is 3.60. The Morgan fingerprint density at radius 3 is 2.34 bits per heavy atom. The van der Waals surface area contributed by atoms with Gasteiger partial charge >= 0.3 is 0 Å². The van der Waals surface area contributed by atoms with Crippen molar-refractivity contribution in [3.05, 3.63) is 60.1 Å². The Labute approximate surface area is 273 Å². The fourth-order valence-electron chi connectivity index (χ4n) is 5.81. The van der Waals surface area contributed by atoms with E-state index in [1.165, 1.54) is 24.2 Å². The average molecular weight is 653 g/mol. The predicted octanol–water partition coefficient (Wildman–Crippen LogP) is 0.157. The van der Waals surface area contributed by atoms with E-state index in [1.807, 2.05) is 30.3 Å². The number of fused-ring (bicyclic) bond motifs is 1. The number of carbonyl (C=O) groups is 6. The molecule has 2 fully saturated rings. The van der Waals surface area contributed by atoms with Gasteiger partial charge in [0.15, 0.2) is 5.76 Å². The number of benzene rings is 1. The Kier molecular flexibility index (Phi) is 12.5. The lowest BCUT2D eigenvalue weighted by Crippen LogP contribution is -2.61. The van der Waals surface area contributed by atoms with Crippen LogP contribution in [0.15, 0.2) is 53.1 Å². The molecule has 1 aromatic heterocycles. The Hall–Kier alpha value is -4.72. The van der Waals surface area contributed by atoms with E-state index < -0.39 is 65.8 Å². The highest BCUT2D eigenvalue weighted by Gasteiger charge is 2.39. The molecule has 4 rings (SSSR count). The first-order valence-electron chi connectivity index (χ1n) is 16.1. The predicted molar refractivity (Wildman–Crippen MR) is 169 cm³/mol. The molecule has 2 aliphatic rings. The van der Waals surface area contributed by atoms with E-state index in [0.29, 0.717) is 32.2 Å². The summed E-state index contributed by atoms with van der Waals surface area (Å²) in [4.78, 5) is 81.8. The van der Waals surface area contributed by atoms with Gasteiger partial charge in [0, 0.05) is 19.5 Å². The van der Waals surface area contributed by atoms with E-state index in [-0.39, 0.29) is 37.5 Å². The highest BCUT2D eigenvalue weighted by Crippen LogP contribution is 2.20. The molecule has 2 saturated heterocycles.